The number of rotatable bonds is 2. The molecule has 0 unspecified atom stereocenters. The lowest BCUT2D eigenvalue weighted by Gasteiger charge is -2.26. The number of aromatic nitrogens is 2. The Labute approximate surface area is 141 Å². The number of benzene rings is 1. The summed E-state index contributed by atoms with van der Waals surface area (Å²) in [6, 6.07) is 7.88. The highest BCUT2D eigenvalue weighted by Crippen LogP contribution is 2.35. The van der Waals surface area contributed by atoms with Crippen LogP contribution in [0.3, 0.4) is 0 Å². The lowest BCUT2D eigenvalue weighted by Crippen LogP contribution is -2.37. The fraction of sp³-hybridized carbons (Fsp3) is 0.529. The predicted octanol–water partition coefficient (Wildman–Crippen LogP) is 1.67. The highest BCUT2D eigenvalue weighted by Gasteiger charge is 2.40. The van der Waals surface area contributed by atoms with Gasteiger partial charge in [0, 0.05) is 13.6 Å². The molecule has 6 nitrogen and oxygen atoms in total. The monoisotopic (exact) mass is 347 g/mol. The minimum Gasteiger partial charge on any atom is -0.332 e. The van der Waals surface area contributed by atoms with Gasteiger partial charge >= 0.3 is 0 Å². The lowest BCUT2D eigenvalue weighted by atomic mass is 10.1. The summed E-state index contributed by atoms with van der Waals surface area (Å²) < 4.78 is 25.4. The van der Waals surface area contributed by atoms with Crippen LogP contribution in [0.1, 0.15) is 31.1 Å². The van der Waals surface area contributed by atoms with Crippen molar-refractivity contribution in [2.75, 3.05) is 18.1 Å². The number of fused-ring (bicyclic) bond motifs is 1. The van der Waals surface area contributed by atoms with E-state index in [0.717, 1.165) is 29.7 Å². The summed E-state index contributed by atoms with van der Waals surface area (Å²) in [6.45, 7) is 0.684. The van der Waals surface area contributed by atoms with Crippen molar-refractivity contribution in [3.63, 3.8) is 0 Å². The van der Waals surface area contributed by atoms with Crippen LogP contribution in [0.2, 0.25) is 0 Å². The Hall–Kier alpha value is -1.89. The molecule has 24 heavy (non-hydrogen) atoms. The van der Waals surface area contributed by atoms with Gasteiger partial charge in [0.2, 0.25) is 5.91 Å². The van der Waals surface area contributed by atoms with E-state index in [9.17, 15) is 13.2 Å². The van der Waals surface area contributed by atoms with Crippen molar-refractivity contribution >= 4 is 26.8 Å². The van der Waals surface area contributed by atoms with Gasteiger partial charge in [-0.3, -0.25) is 4.79 Å². The first-order valence-corrected chi connectivity index (χ1v) is 10.2. The zero-order chi connectivity index (χ0) is 16.9. The second kappa shape index (κ2) is 5.58. The van der Waals surface area contributed by atoms with Gasteiger partial charge in [-0.1, -0.05) is 12.1 Å². The van der Waals surface area contributed by atoms with Crippen LogP contribution in [0.4, 0.5) is 0 Å². The van der Waals surface area contributed by atoms with E-state index in [-0.39, 0.29) is 29.4 Å². The molecule has 2 fully saturated rings. The van der Waals surface area contributed by atoms with Crippen LogP contribution in [-0.2, 0) is 21.7 Å². The number of carbonyl (C=O) groups is 1. The first kappa shape index (κ1) is 15.6. The van der Waals surface area contributed by atoms with Gasteiger partial charge in [0.1, 0.15) is 5.82 Å². The van der Waals surface area contributed by atoms with Crippen molar-refractivity contribution in [1.82, 2.24) is 14.5 Å². The zero-order valence-corrected chi connectivity index (χ0v) is 14.5. The van der Waals surface area contributed by atoms with E-state index in [0.29, 0.717) is 13.0 Å². The van der Waals surface area contributed by atoms with E-state index < -0.39 is 9.84 Å². The molecule has 0 saturated carbocycles. The maximum absolute atomic E-state index is 12.9. The normalized spacial score (nSPS) is 26.3. The van der Waals surface area contributed by atoms with Crippen LogP contribution < -0.4 is 0 Å². The minimum absolute atomic E-state index is 0.00239. The minimum atomic E-state index is -3.05. The van der Waals surface area contributed by atoms with Crippen molar-refractivity contribution in [3.8, 4) is 0 Å². The van der Waals surface area contributed by atoms with Gasteiger partial charge in [-0.2, -0.15) is 0 Å². The van der Waals surface area contributed by atoms with E-state index >= 15 is 0 Å². The Bertz CT molecular complexity index is 903. The molecule has 1 aromatic heterocycles. The second-order valence-electron chi connectivity index (χ2n) is 6.81. The number of amides is 1. The number of imidazole rings is 1. The Balaban J connectivity index is 1.65. The Morgan fingerprint density at radius 2 is 2.04 bits per heavy atom. The Morgan fingerprint density at radius 1 is 1.25 bits per heavy atom. The summed E-state index contributed by atoms with van der Waals surface area (Å²) in [5.41, 5.74) is 1.98. The molecule has 3 heterocycles. The molecule has 0 spiro atoms. The summed E-state index contributed by atoms with van der Waals surface area (Å²) in [6.07, 6.45) is 2.26. The largest absolute Gasteiger partial charge is 0.332 e. The molecule has 7 heteroatoms. The van der Waals surface area contributed by atoms with E-state index in [1.165, 1.54) is 0 Å². The Morgan fingerprint density at radius 3 is 2.75 bits per heavy atom. The van der Waals surface area contributed by atoms with Gasteiger partial charge in [-0.15, -0.1) is 0 Å². The summed E-state index contributed by atoms with van der Waals surface area (Å²) in [4.78, 5) is 19.5. The highest BCUT2D eigenvalue weighted by atomic mass is 32.2. The molecule has 1 aromatic carbocycles. The smallest absolute Gasteiger partial charge is 0.227 e. The van der Waals surface area contributed by atoms with Crippen molar-refractivity contribution in [1.29, 1.82) is 0 Å². The first-order chi connectivity index (χ1) is 11.5. The summed E-state index contributed by atoms with van der Waals surface area (Å²) >= 11 is 0. The standard InChI is InChI=1S/C17H21N3O3S/c1-19-14-6-3-2-5-13(14)18-16(19)15-7-4-9-20(15)17(21)12-8-10-24(22,23)11-12/h2-3,5-6,12,15H,4,7-11H2,1H3/t12-,15-/m1/s1. The molecule has 0 radical (unpaired) electrons. The third-order valence-corrected chi connectivity index (χ3v) is 7.01. The van der Waals surface area contributed by atoms with Crippen LogP contribution in [0.25, 0.3) is 11.0 Å². The van der Waals surface area contributed by atoms with E-state index in [4.69, 9.17) is 4.98 Å². The molecular formula is C17H21N3O3S. The molecule has 128 valence electrons. The van der Waals surface area contributed by atoms with Crippen molar-refractivity contribution in [3.05, 3.63) is 30.1 Å². The van der Waals surface area contributed by atoms with Gasteiger partial charge in [0.25, 0.3) is 0 Å². The SMILES string of the molecule is Cn1c([C@H]2CCCN2C(=O)[C@@H]2CCS(=O)(=O)C2)nc2ccccc21. The summed E-state index contributed by atoms with van der Waals surface area (Å²) in [7, 11) is -1.07. The van der Waals surface area contributed by atoms with Gasteiger partial charge < -0.3 is 9.47 Å². The number of para-hydroxylation sites is 2. The molecule has 2 aliphatic heterocycles. The maximum Gasteiger partial charge on any atom is 0.227 e. The molecule has 2 saturated heterocycles. The van der Waals surface area contributed by atoms with E-state index in [2.05, 4.69) is 4.57 Å². The fourth-order valence-corrected chi connectivity index (χ4v) is 5.72. The van der Waals surface area contributed by atoms with Crippen molar-refractivity contribution < 1.29 is 13.2 Å². The summed E-state index contributed by atoms with van der Waals surface area (Å²) in [5.74, 6) is 0.616. The molecule has 0 bridgehead atoms. The van der Waals surface area contributed by atoms with Crippen molar-refractivity contribution in [2.45, 2.75) is 25.3 Å². The molecule has 1 amide bonds. The molecule has 2 aromatic rings. The molecule has 2 atom stereocenters. The van der Waals surface area contributed by atoms with Crippen LogP contribution in [0.5, 0.6) is 0 Å². The number of hydrogen-bond acceptors (Lipinski definition) is 4. The van der Waals surface area contributed by atoms with Gasteiger partial charge in [0.05, 0.1) is 34.5 Å². The lowest BCUT2D eigenvalue weighted by molar-refractivity contribution is -0.135. The average molecular weight is 347 g/mol. The number of carbonyl (C=O) groups excluding carboxylic acids is 1. The quantitative estimate of drug-likeness (QED) is 0.828. The van der Waals surface area contributed by atoms with Gasteiger partial charge in [-0.05, 0) is 31.4 Å². The van der Waals surface area contributed by atoms with E-state index in [1.54, 1.807) is 0 Å². The number of likely N-dealkylation sites (tertiary alicyclic amines) is 1. The Kier molecular flexibility index (Phi) is 3.63. The topological polar surface area (TPSA) is 72.3 Å². The molecule has 2 aliphatic rings. The highest BCUT2D eigenvalue weighted by molar-refractivity contribution is 7.91. The third kappa shape index (κ3) is 2.51. The van der Waals surface area contributed by atoms with Gasteiger partial charge in [-0.25, -0.2) is 13.4 Å². The predicted molar refractivity (Wildman–Crippen MR) is 91.2 cm³/mol. The number of nitrogens with zero attached hydrogens (tertiary/aromatic N) is 3. The maximum atomic E-state index is 12.9. The summed E-state index contributed by atoms with van der Waals surface area (Å²) in [5, 5.41) is 0. The third-order valence-electron chi connectivity index (χ3n) is 5.24. The first-order valence-electron chi connectivity index (χ1n) is 8.38. The van der Waals surface area contributed by atoms with Crippen LogP contribution in [-0.4, -0.2) is 46.8 Å². The molecule has 0 N–H and O–H groups in total. The van der Waals surface area contributed by atoms with Crippen molar-refractivity contribution in [2.24, 2.45) is 13.0 Å². The number of aryl methyl sites for hydroxylation is 1. The zero-order valence-electron chi connectivity index (χ0n) is 13.7. The average Bonchev–Trinajstić information content (AvgIpc) is 3.24. The van der Waals surface area contributed by atoms with Crippen LogP contribution in [0.15, 0.2) is 24.3 Å². The molecular weight excluding hydrogens is 326 g/mol. The molecule has 0 aliphatic carbocycles. The van der Waals surface area contributed by atoms with Crippen LogP contribution >= 0.6 is 0 Å². The second-order valence-corrected chi connectivity index (χ2v) is 9.04. The number of hydrogen-bond donors (Lipinski definition) is 0. The van der Waals surface area contributed by atoms with Crippen LogP contribution in [0, 0.1) is 5.92 Å². The van der Waals surface area contributed by atoms with Gasteiger partial charge in [0.15, 0.2) is 9.84 Å². The molecule has 4 rings (SSSR count). The number of sulfone groups is 1. The fourth-order valence-electron chi connectivity index (χ4n) is 3.99. The van der Waals surface area contributed by atoms with E-state index in [1.807, 2.05) is 36.2 Å².